The van der Waals surface area contributed by atoms with E-state index < -0.39 is 11.8 Å². The van der Waals surface area contributed by atoms with Crippen LogP contribution in [-0.4, -0.2) is 16.9 Å². The van der Waals surface area contributed by atoms with Gasteiger partial charge in [0.25, 0.3) is 0 Å². The van der Waals surface area contributed by atoms with Crippen molar-refractivity contribution in [3.05, 3.63) is 24.0 Å². The van der Waals surface area contributed by atoms with E-state index >= 15 is 0 Å². The van der Waals surface area contributed by atoms with Gasteiger partial charge in [-0.3, -0.25) is 4.79 Å². The quantitative estimate of drug-likeness (QED) is 0.475. The Kier molecular flexibility index (Phi) is 1.36. The number of aliphatic hydroxyl groups excluding tert-OH is 1. The summed E-state index contributed by atoms with van der Waals surface area (Å²) in [5, 5.41) is 8.73. The Morgan fingerprint density at radius 1 is 1.67 bits per heavy atom. The summed E-state index contributed by atoms with van der Waals surface area (Å²) < 4.78 is 0. The molecule has 0 heterocycles. The van der Waals surface area contributed by atoms with Crippen LogP contribution in [-0.2, 0) is 4.79 Å². The molecule has 0 aromatic rings. The van der Waals surface area contributed by atoms with Gasteiger partial charge in [0.05, 0.1) is 6.04 Å². The van der Waals surface area contributed by atoms with Crippen molar-refractivity contribution in [2.24, 2.45) is 5.73 Å². The zero-order valence-electron chi connectivity index (χ0n) is 4.74. The Balaban J connectivity index is 2.86. The lowest BCUT2D eigenvalue weighted by atomic mass is 10.1. The summed E-state index contributed by atoms with van der Waals surface area (Å²) >= 11 is 0. The molecule has 1 aliphatic carbocycles. The Bertz CT molecular complexity index is 193. The fourth-order valence-corrected chi connectivity index (χ4v) is 0.607. The topological polar surface area (TPSA) is 63.3 Å². The number of aliphatic hydroxyl groups is 1. The number of hydrogen-bond acceptors (Lipinski definition) is 3. The fraction of sp³-hybridized carbons (Fsp3) is 0.167. The van der Waals surface area contributed by atoms with Crippen molar-refractivity contribution in [1.82, 2.24) is 0 Å². The van der Waals surface area contributed by atoms with Gasteiger partial charge >= 0.3 is 0 Å². The van der Waals surface area contributed by atoms with Crippen LogP contribution in [0.1, 0.15) is 0 Å². The van der Waals surface area contributed by atoms with Gasteiger partial charge in [-0.25, -0.2) is 0 Å². The summed E-state index contributed by atoms with van der Waals surface area (Å²) in [4.78, 5) is 10.6. The van der Waals surface area contributed by atoms with Crippen LogP contribution < -0.4 is 5.73 Å². The van der Waals surface area contributed by atoms with Gasteiger partial charge in [-0.2, -0.15) is 0 Å². The molecule has 0 aromatic carbocycles. The Morgan fingerprint density at radius 2 is 2.33 bits per heavy atom. The van der Waals surface area contributed by atoms with Crippen molar-refractivity contribution in [3.63, 3.8) is 0 Å². The van der Waals surface area contributed by atoms with Crippen LogP contribution in [0, 0.1) is 0 Å². The summed E-state index contributed by atoms with van der Waals surface area (Å²) in [5.41, 5.74) is 5.23. The standard InChI is InChI=1S/C6H7NO2/c7-4-2-1-3-5(8)6(4)9/h1-4,8H,7H2. The first-order valence-electron chi connectivity index (χ1n) is 2.59. The maximum Gasteiger partial charge on any atom is 0.217 e. The molecule has 0 saturated carbocycles. The molecule has 3 heteroatoms. The Morgan fingerprint density at radius 3 is 2.78 bits per heavy atom. The van der Waals surface area contributed by atoms with Crippen LogP contribution in [0.25, 0.3) is 0 Å². The van der Waals surface area contributed by atoms with E-state index in [-0.39, 0.29) is 5.76 Å². The summed E-state index contributed by atoms with van der Waals surface area (Å²) in [6.45, 7) is 0. The summed E-state index contributed by atoms with van der Waals surface area (Å²) in [6.07, 6.45) is 4.41. The van der Waals surface area contributed by atoms with Gasteiger partial charge < -0.3 is 10.8 Å². The predicted octanol–water partition coefficient (Wildman–Crippen LogP) is -0.106. The molecule has 0 fully saturated rings. The van der Waals surface area contributed by atoms with E-state index in [9.17, 15) is 4.79 Å². The van der Waals surface area contributed by atoms with Crippen LogP contribution >= 0.6 is 0 Å². The van der Waals surface area contributed by atoms with Crippen LogP contribution in [0.15, 0.2) is 24.0 Å². The highest BCUT2D eigenvalue weighted by molar-refractivity contribution is 5.99. The minimum atomic E-state index is -0.657. The third-order valence-corrected chi connectivity index (χ3v) is 1.13. The monoisotopic (exact) mass is 125 g/mol. The number of Topliss-reactive ketones (excluding diaryl/α,β-unsaturated/α-hetero) is 1. The van der Waals surface area contributed by atoms with E-state index in [0.717, 1.165) is 0 Å². The number of carbonyl (C=O) groups excluding carboxylic acids is 1. The maximum absolute atomic E-state index is 10.6. The lowest BCUT2D eigenvalue weighted by Gasteiger charge is -2.06. The summed E-state index contributed by atoms with van der Waals surface area (Å²) in [6, 6.07) is -0.657. The first kappa shape index (κ1) is 6.04. The van der Waals surface area contributed by atoms with Crippen LogP contribution in [0.4, 0.5) is 0 Å². The molecule has 1 atom stereocenters. The Hall–Kier alpha value is -1.09. The van der Waals surface area contributed by atoms with Crippen LogP contribution in [0.3, 0.4) is 0 Å². The largest absolute Gasteiger partial charge is 0.504 e. The second kappa shape index (κ2) is 2.03. The molecule has 0 amide bonds. The molecule has 0 aromatic heterocycles. The zero-order valence-corrected chi connectivity index (χ0v) is 4.74. The lowest BCUT2D eigenvalue weighted by molar-refractivity contribution is -0.118. The van der Waals surface area contributed by atoms with Crippen molar-refractivity contribution in [3.8, 4) is 0 Å². The number of ketones is 1. The number of allylic oxidation sites excluding steroid dienone is 2. The van der Waals surface area contributed by atoms with E-state index in [1.165, 1.54) is 12.2 Å². The minimum absolute atomic E-state index is 0.259. The molecular weight excluding hydrogens is 118 g/mol. The van der Waals surface area contributed by atoms with Gasteiger partial charge in [-0.1, -0.05) is 12.2 Å². The fourth-order valence-electron chi connectivity index (χ4n) is 0.607. The third kappa shape index (κ3) is 1.000. The summed E-state index contributed by atoms with van der Waals surface area (Å²) in [7, 11) is 0. The molecule has 3 N–H and O–H groups in total. The molecule has 1 unspecified atom stereocenters. The van der Waals surface area contributed by atoms with E-state index in [4.69, 9.17) is 10.8 Å². The van der Waals surface area contributed by atoms with Crippen molar-refractivity contribution in [2.75, 3.05) is 0 Å². The van der Waals surface area contributed by atoms with Gasteiger partial charge in [0.2, 0.25) is 5.78 Å². The predicted molar refractivity (Wildman–Crippen MR) is 32.8 cm³/mol. The van der Waals surface area contributed by atoms with E-state index in [1.54, 1.807) is 6.08 Å². The van der Waals surface area contributed by atoms with Crippen molar-refractivity contribution < 1.29 is 9.90 Å². The van der Waals surface area contributed by atoms with Gasteiger partial charge in [0.1, 0.15) is 0 Å². The second-order valence-electron chi connectivity index (χ2n) is 1.83. The highest BCUT2D eigenvalue weighted by Crippen LogP contribution is 2.02. The number of nitrogens with two attached hydrogens (primary N) is 1. The van der Waals surface area contributed by atoms with Gasteiger partial charge in [-0.05, 0) is 6.08 Å². The maximum atomic E-state index is 10.6. The van der Waals surface area contributed by atoms with Crippen molar-refractivity contribution >= 4 is 5.78 Å². The molecule has 9 heavy (non-hydrogen) atoms. The first-order chi connectivity index (χ1) is 4.22. The van der Waals surface area contributed by atoms with Gasteiger partial charge in [0.15, 0.2) is 5.76 Å². The van der Waals surface area contributed by atoms with Gasteiger partial charge in [0, 0.05) is 0 Å². The molecule has 0 aliphatic heterocycles. The molecular formula is C6H7NO2. The van der Waals surface area contributed by atoms with E-state index in [1.807, 2.05) is 0 Å². The SMILES string of the molecule is NC1C=CC=C(O)C1=O. The average molecular weight is 125 g/mol. The molecule has 0 saturated heterocycles. The van der Waals surface area contributed by atoms with Crippen LogP contribution in [0.2, 0.25) is 0 Å². The number of hydrogen-bond donors (Lipinski definition) is 2. The van der Waals surface area contributed by atoms with E-state index in [2.05, 4.69) is 0 Å². The van der Waals surface area contributed by atoms with Gasteiger partial charge in [-0.15, -0.1) is 0 Å². The summed E-state index contributed by atoms with van der Waals surface area (Å²) in [5.74, 6) is -0.678. The molecule has 1 aliphatic rings. The number of rotatable bonds is 0. The van der Waals surface area contributed by atoms with Crippen molar-refractivity contribution in [1.29, 1.82) is 0 Å². The molecule has 3 nitrogen and oxygen atoms in total. The Labute approximate surface area is 52.5 Å². The smallest absolute Gasteiger partial charge is 0.217 e. The normalized spacial score (nSPS) is 26.1. The first-order valence-corrected chi connectivity index (χ1v) is 2.59. The minimum Gasteiger partial charge on any atom is -0.504 e. The van der Waals surface area contributed by atoms with E-state index in [0.29, 0.717) is 0 Å². The molecule has 1 rings (SSSR count). The van der Waals surface area contributed by atoms with Crippen molar-refractivity contribution in [2.45, 2.75) is 6.04 Å². The average Bonchev–Trinajstić information content (AvgIpc) is 1.83. The third-order valence-electron chi connectivity index (χ3n) is 1.13. The highest BCUT2D eigenvalue weighted by atomic mass is 16.3. The molecule has 0 spiro atoms. The zero-order chi connectivity index (χ0) is 6.85. The lowest BCUT2D eigenvalue weighted by Crippen LogP contribution is -2.30. The second-order valence-corrected chi connectivity index (χ2v) is 1.83. The highest BCUT2D eigenvalue weighted by Gasteiger charge is 2.16. The molecule has 48 valence electrons. The molecule has 0 radical (unpaired) electrons. The van der Waals surface area contributed by atoms with Crippen LogP contribution in [0.5, 0.6) is 0 Å². The molecule has 0 bridgehead atoms. The number of carbonyl (C=O) groups is 1.